The molecule has 5 nitrogen and oxygen atoms in total. The summed E-state index contributed by atoms with van der Waals surface area (Å²) in [5.74, 6) is -0.901. The molecule has 6 heteroatoms. The molecule has 0 fully saturated rings. The number of hydrogen-bond donors (Lipinski definition) is 1. The standard InChI is InChI=1S/C19H21ClN2O3/c1-13(15-5-4-6-16(20)11-15)21-18(23)12-25-19(24)14-7-9-17(10-8-14)22(2)3/h4-11,13H,12H2,1-3H3,(H,21,23)/t13-/m0/s1. The molecule has 0 saturated carbocycles. The second kappa shape index (κ2) is 8.53. The van der Waals surface area contributed by atoms with E-state index in [1.54, 1.807) is 24.3 Å². The number of nitrogens with zero attached hydrogens (tertiary/aromatic N) is 1. The molecule has 1 N–H and O–H groups in total. The average Bonchev–Trinajstić information content (AvgIpc) is 2.59. The van der Waals surface area contributed by atoms with E-state index < -0.39 is 5.97 Å². The maximum atomic E-state index is 12.0. The number of amides is 1. The minimum absolute atomic E-state index is 0.232. The van der Waals surface area contributed by atoms with Gasteiger partial charge in [0.05, 0.1) is 11.6 Å². The van der Waals surface area contributed by atoms with E-state index in [2.05, 4.69) is 5.32 Å². The summed E-state index contributed by atoms with van der Waals surface area (Å²) in [5.41, 5.74) is 2.26. The van der Waals surface area contributed by atoms with Gasteiger partial charge in [-0.05, 0) is 48.9 Å². The number of carbonyl (C=O) groups is 2. The molecular weight excluding hydrogens is 340 g/mol. The largest absolute Gasteiger partial charge is 0.452 e. The quantitative estimate of drug-likeness (QED) is 0.802. The Morgan fingerprint density at radius 3 is 2.44 bits per heavy atom. The number of ether oxygens (including phenoxy) is 1. The first-order chi connectivity index (χ1) is 11.9. The Bertz CT molecular complexity index is 745. The van der Waals surface area contributed by atoms with Crippen molar-refractivity contribution in [3.05, 3.63) is 64.7 Å². The third-order valence-electron chi connectivity index (χ3n) is 3.68. The van der Waals surface area contributed by atoms with Gasteiger partial charge in [0, 0.05) is 24.8 Å². The van der Waals surface area contributed by atoms with Gasteiger partial charge in [0.1, 0.15) is 0 Å². The lowest BCUT2D eigenvalue weighted by Gasteiger charge is -2.15. The Kier molecular flexibility index (Phi) is 6.42. The average molecular weight is 361 g/mol. The summed E-state index contributed by atoms with van der Waals surface area (Å²) in [6, 6.07) is 14.0. The van der Waals surface area contributed by atoms with Crippen LogP contribution in [0.4, 0.5) is 5.69 Å². The van der Waals surface area contributed by atoms with E-state index in [0.29, 0.717) is 10.6 Å². The molecule has 25 heavy (non-hydrogen) atoms. The number of rotatable bonds is 6. The van der Waals surface area contributed by atoms with Crippen LogP contribution in [0.5, 0.6) is 0 Å². The highest BCUT2D eigenvalue weighted by Gasteiger charge is 2.13. The fourth-order valence-corrected chi connectivity index (χ4v) is 2.45. The molecular formula is C19H21ClN2O3. The van der Waals surface area contributed by atoms with Crippen LogP contribution in [0.2, 0.25) is 5.02 Å². The summed E-state index contributed by atoms with van der Waals surface area (Å²) >= 11 is 5.94. The van der Waals surface area contributed by atoms with Gasteiger partial charge in [0.15, 0.2) is 6.61 Å². The molecule has 2 aromatic carbocycles. The molecule has 0 aliphatic rings. The molecule has 0 heterocycles. The SMILES string of the molecule is C[C@H](NC(=O)COC(=O)c1ccc(N(C)C)cc1)c1cccc(Cl)c1. The van der Waals surface area contributed by atoms with Crippen molar-refractivity contribution in [1.29, 1.82) is 0 Å². The Morgan fingerprint density at radius 1 is 1.16 bits per heavy atom. The molecule has 0 bridgehead atoms. The molecule has 132 valence electrons. The zero-order chi connectivity index (χ0) is 18.4. The van der Waals surface area contributed by atoms with Gasteiger partial charge in [-0.2, -0.15) is 0 Å². The van der Waals surface area contributed by atoms with E-state index in [1.807, 2.05) is 50.2 Å². The van der Waals surface area contributed by atoms with Crippen molar-refractivity contribution in [2.24, 2.45) is 0 Å². The van der Waals surface area contributed by atoms with Crippen LogP contribution in [0, 0.1) is 0 Å². The van der Waals surface area contributed by atoms with Crippen molar-refractivity contribution < 1.29 is 14.3 Å². The van der Waals surface area contributed by atoms with Crippen LogP contribution in [-0.4, -0.2) is 32.6 Å². The molecule has 0 spiro atoms. The van der Waals surface area contributed by atoms with Gasteiger partial charge in [-0.15, -0.1) is 0 Å². The van der Waals surface area contributed by atoms with Gasteiger partial charge < -0.3 is 15.0 Å². The number of nitrogens with one attached hydrogen (secondary N) is 1. The lowest BCUT2D eigenvalue weighted by molar-refractivity contribution is -0.124. The monoisotopic (exact) mass is 360 g/mol. The van der Waals surface area contributed by atoms with E-state index in [0.717, 1.165) is 11.3 Å². The van der Waals surface area contributed by atoms with Gasteiger partial charge in [0.25, 0.3) is 5.91 Å². The molecule has 0 aromatic heterocycles. The van der Waals surface area contributed by atoms with Crippen LogP contribution < -0.4 is 10.2 Å². The van der Waals surface area contributed by atoms with E-state index in [1.165, 1.54) is 0 Å². The van der Waals surface area contributed by atoms with Gasteiger partial charge in [-0.3, -0.25) is 4.79 Å². The highest BCUT2D eigenvalue weighted by atomic mass is 35.5. The number of esters is 1. The number of carbonyl (C=O) groups excluding carboxylic acids is 2. The lowest BCUT2D eigenvalue weighted by atomic mass is 10.1. The van der Waals surface area contributed by atoms with E-state index in [9.17, 15) is 9.59 Å². The molecule has 0 saturated heterocycles. The Labute approximate surface area is 152 Å². The molecule has 2 rings (SSSR count). The predicted octanol–water partition coefficient (Wildman–Crippen LogP) is 3.44. The summed E-state index contributed by atoms with van der Waals surface area (Å²) in [6.07, 6.45) is 0. The molecule has 2 aromatic rings. The molecule has 0 radical (unpaired) electrons. The summed E-state index contributed by atoms with van der Waals surface area (Å²) < 4.78 is 5.06. The predicted molar refractivity (Wildman–Crippen MR) is 99.1 cm³/mol. The molecule has 0 aliphatic carbocycles. The Hall–Kier alpha value is -2.53. The van der Waals surface area contributed by atoms with Crippen LogP contribution in [0.15, 0.2) is 48.5 Å². The summed E-state index contributed by atoms with van der Waals surface area (Å²) in [6.45, 7) is 1.50. The zero-order valence-electron chi connectivity index (χ0n) is 14.5. The van der Waals surface area contributed by atoms with Crippen molar-refractivity contribution in [3.8, 4) is 0 Å². The topological polar surface area (TPSA) is 58.6 Å². The maximum absolute atomic E-state index is 12.0. The van der Waals surface area contributed by atoms with Crippen molar-refractivity contribution in [2.75, 3.05) is 25.6 Å². The normalized spacial score (nSPS) is 11.5. The first-order valence-corrected chi connectivity index (χ1v) is 8.24. The molecule has 0 unspecified atom stereocenters. The van der Waals surface area contributed by atoms with Crippen molar-refractivity contribution >= 4 is 29.2 Å². The highest BCUT2D eigenvalue weighted by molar-refractivity contribution is 6.30. The highest BCUT2D eigenvalue weighted by Crippen LogP contribution is 2.17. The van der Waals surface area contributed by atoms with Crippen LogP contribution in [0.3, 0.4) is 0 Å². The summed E-state index contributed by atoms with van der Waals surface area (Å²) in [5, 5.41) is 3.38. The Balaban J connectivity index is 1.85. The second-order valence-corrected chi connectivity index (χ2v) is 6.30. The first-order valence-electron chi connectivity index (χ1n) is 7.86. The van der Waals surface area contributed by atoms with Gasteiger partial charge in [-0.25, -0.2) is 4.79 Å². The maximum Gasteiger partial charge on any atom is 0.338 e. The Morgan fingerprint density at radius 2 is 1.84 bits per heavy atom. The first kappa shape index (κ1) is 18.8. The fraction of sp³-hybridized carbons (Fsp3) is 0.263. The van der Waals surface area contributed by atoms with Gasteiger partial charge in [-0.1, -0.05) is 23.7 Å². The van der Waals surface area contributed by atoms with E-state index in [4.69, 9.17) is 16.3 Å². The second-order valence-electron chi connectivity index (χ2n) is 5.86. The van der Waals surface area contributed by atoms with E-state index >= 15 is 0 Å². The third kappa shape index (κ3) is 5.50. The van der Waals surface area contributed by atoms with Crippen molar-refractivity contribution in [2.45, 2.75) is 13.0 Å². The smallest absolute Gasteiger partial charge is 0.338 e. The number of halogens is 1. The molecule has 1 atom stereocenters. The van der Waals surface area contributed by atoms with Gasteiger partial charge >= 0.3 is 5.97 Å². The van der Waals surface area contributed by atoms with Crippen LogP contribution in [0.1, 0.15) is 28.9 Å². The molecule has 0 aliphatic heterocycles. The lowest BCUT2D eigenvalue weighted by Crippen LogP contribution is -2.31. The summed E-state index contributed by atoms with van der Waals surface area (Å²) in [7, 11) is 3.83. The number of hydrogen-bond acceptors (Lipinski definition) is 4. The van der Waals surface area contributed by atoms with Crippen LogP contribution in [0.25, 0.3) is 0 Å². The van der Waals surface area contributed by atoms with Gasteiger partial charge in [0.2, 0.25) is 0 Å². The van der Waals surface area contributed by atoms with E-state index in [-0.39, 0.29) is 18.6 Å². The minimum atomic E-state index is -0.532. The zero-order valence-corrected chi connectivity index (χ0v) is 15.2. The minimum Gasteiger partial charge on any atom is -0.452 e. The van der Waals surface area contributed by atoms with Crippen molar-refractivity contribution in [1.82, 2.24) is 5.32 Å². The van der Waals surface area contributed by atoms with Crippen LogP contribution >= 0.6 is 11.6 Å². The summed E-state index contributed by atoms with van der Waals surface area (Å²) in [4.78, 5) is 25.9. The number of benzene rings is 2. The fourth-order valence-electron chi connectivity index (χ4n) is 2.25. The number of anilines is 1. The van der Waals surface area contributed by atoms with Crippen molar-refractivity contribution in [3.63, 3.8) is 0 Å². The molecule has 1 amide bonds. The van der Waals surface area contributed by atoms with Crippen LogP contribution in [-0.2, 0) is 9.53 Å². The third-order valence-corrected chi connectivity index (χ3v) is 3.92.